The molecular formula is C25H29N3O3. The van der Waals surface area contributed by atoms with Gasteiger partial charge in [0.05, 0.1) is 18.3 Å². The van der Waals surface area contributed by atoms with Crippen molar-refractivity contribution in [3.05, 3.63) is 65.5 Å². The van der Waals surface area contributed by atoms with E-state index in [0.29, 0.717) is 18.3 Å². The maximum Gasteiger partial charge on any atom is 0.290 e. The largest absolute Gasteiger partial charge is 0.379 e. The first-order valence-electron chi connectivity index (χ1n) is 11.3. The van der Waals surface area contributed by atoms with Gasteiger partial charge in [-0.25, -0.2) is 0 Å². The van der Waals surface area contributed by atoms with Crippen LogP contribution in [0.25, 0.3) is 10.8 Å². The third-order valence-electron chi connectivity index (χ3n) is 6.53. The molecule has 2 fully saturated rings. The minimum Gasteiger partial charge on any atom is -0.379 e. The van der Waals surface area contributed by atoms with Crippen LogP contribution in [-0.4, -0.2) is 48.3 Å². The van der Waals surface area contributed by atoms with E-state index >= 15 is 0 Å². The van der Waals surface area contributed by atoms with Crippen LogP contribution in [0.4, 0.5) is 0 Å². The molecule has 31 heavy (non-hydrogen) atoms. The van der Waals surface area contributed by atoms with Crippen molar-refractivity contribution in [3.8, 4) is 0 Å². The van der Waals surface area contributed by atoms with E-state index in [1.807, 2.05) is 6.07 Å². The number of fused-ring (bicyclic) bond motifs is 1. The maximum atomic E-state index is 12.5. The Morgan fingerprint density at radius 3 is 2.77 bits per heavy atom. The molecule has 0 aliphatic carbocycles. The molecule has 6 nitrogen and oxygen atoms in total. The number of carbonyl (C=O) groups is 1. The highest BCUT2D eigenvalue weighted by Gasteiger charge is 2.26. The third-order valence-corrected chi connectivity index (χ3v) is 6.53. The van der Waals surface area contributed by atoms with Crippen LogP contribution in [0.2, 0.25) is 0 Å². The maximum absolute atomic E-state index is 12.5. The van der Waals surface area contributed by atoms with E-state index in [1.165, 1.54) is 16.3 Å². The van der Waals surface area contributed by atoms with Crippen molar-refractivity contribution < 1.29 is 14.1 Å². The van der Waals surface area contributed by atoms with Gasteiger partial charge in [-0.3, -0.25) is 9.69 Å². The van der Waals surface area contributed by atoms with E-state index in [2.05, 4.69) is 57.8 Å². The number of carbonyl (C=O) groups excluding carboxylic acids is 1. The first-order valence-corrected chi connectivity index (χ1v) is 11.3. The molecule has 162 valence electrons. The summed E-state index contributed by atoms with van der Waals surface area (Å²) in [6.07, 6.45) is 3.97. The van der Waals surface area contributed by atoms with E-state index in [0.717, 1.165) is 57.6 Å². The molecule has 0 spiro atoms. The molecule has 0 unspecified atom stereocenters. The molecule has 0 saturated carbocycles. The van der Waals surface area contributed by atoms with Crippen molar-refractivity contribution in [1.29, 1.82) is 0 Å². The highest BCUT2D eigenvalue weighted by Crippen LogP contribution is 2.29. The van der Waals surface area contributed by atoms with E-state index in [9.17, 15) is 4.79 Å². The average Bonchev–Trinajstić information content (AvgIpc) is 3.31. The van der Waals surface area contributed by atoms with Gasteiger partial charge in [0, 0.05) is 25.1 Å². The summed E-state index contributed by atoms with van der Waals surface area (Å²) >= 11 is 0. The fourth-order valence-corrected chi connectivity index (χ4v) is 4.76. The van der Waals surface area contributed by atoms with Gasteiger partial charge in [-0.1, -0.05) is 47.6 Å². The smallest absolute Gasteiger partial charge is 0.290 e. The first kappa shape index (κ1) is 20.2. The van der Waals surface area contributed by atoms with E-state index < -0.39 is 0 Å². The lowest BCUT2D eigenvalue weighted by Crippen LogP contribution is -2.40. The molecule has 1 amide bonds. The number of benzene rings is 2. The zero-order valence-corrected chi connectivity index (χ0v) is 17.8. The average molecular weight is 420 g/mol. The second kappa shape index (κ2) is 9.20. The van der Waals surface area contributed by atoms with Crippen LogP contribution in [-0.2, 0) is 11.3 Å². The highest BCUT2D eigenvalue weighted by molar-refractivity contribution is 5.91. The molecule has 2 aliphatic rings. The summed E-state index contributed by atoms with van der Waals surface area (Å²) in [4.78, 5) is 15.0. The quantitative estimate of drug-likeness (QED) is 0.674. The first-order chi connectivity index (χ1) is 15.3. The van der Waals surface area contributed by atoms with Gasteiger partial charge in [0.25, 0.3) is 5.91 Å². The van der Waals surface area contributed by atoms with E-state index in [-0.39, 0.29) is 11.9 Å². The molecule has 2 aromatic carbocycles. The third kappa shape index (κ3) is 4.65. The fraction of sp³-hybridized carbons (Fsp3) is 0.440. The highest BCUT2D eigenvalue weighted by atomic mass is 16.5. The number of piperidine rings is 1. The summed E-state index contributed by atoms with van der Waals surface area (Å²) in [5, 5.41) is 9.84. The number of amides is 1. The van der Waals surface area contributed by atoms with Crippen LogP contribution in [0, 0.1) is 0 Å². The molecule has 1 atom stereocenters. The van der Waals surface area contributed by atoms with Gasteiger partial charge < -0.3 is 14.6 Å². The number of likely N-dealkylation sites (tertiary alicyclic amines) is 1. The van der Waals surface area contributed by atoms with Crippen LogP contribution in [0.15, 0.2) is 53.1 Å². The Kier molecular flexibility index (Phi) is 6.00. The topological polar surface area (TPSA) is 67.6 Å². The molecular weight excluding hydrogens is 390 g/mol. The number of nitrogens with one attached hydrogen (secondary N) is 1. The predicted octanol–water partition coefficient (Wildman–Crippen LogP) is 4.12. The van der Waals surface area contributed by atoms with Gasteiger partial charge >= 0.3 is 0 Å². The number of nitrogens with zero attached hydrogens (tertiary/aromatic N) is 2. The molecule has 0 radical (unpaired) electrons. The Morgan fingerprint density at radius 1 is 1.10 bits per heavy atom. The zero-order chi connectivity index (χ0) is 21.0. The normalized spacial score (nSPS) is 20.7. The Labute approximate surface area is 182 Å². The number of aromatic nitrogens is 1. The summed E-state index contributed by atoms with van der Waals surface area (Å²) in [6, 6.07) is 17.0. The van der Waals surface area contributed by atoms with Gasteiger partial charge in [-0.2, -0.15) is 0 Å². The Bertz CT molecular complexity index is 1030. The lowest BCUT2D eigenvalue weighted by Gasteiger charge is -2.31. The van der Waals surface area contributed by atoms with Gasteiger partial charge in [-0.15, -0.1) is 0 Å². The van der Waals surface area contributed by atoms with Crippen molar-refractivity contribution in [2.24, 2.45) is 0 Å². The number of rotatable bonds is 5. The monoisotopic (exact) mass is 419 g/mol. The summed E-state index contributed by atoms with van der Waals surface area (Å²) in [5.74, 6) is 0.452. The van der Waals surface area contributed by atoms with Gasteiger partial charge in [0.15, 0.2) is 0 Å². The van der Waals surface area contributed by atoms with Gasteiger partial charge in [-0.05, 0) is 55.1 Å². The number of hydrogen-bond donors (Lipinski definition) is 1. The number of ether oxygens (including phenoxy) is 1. The SMILES string of the molecule is O=C(N[C@H]1CCCOC1)c1cc(C2CCN(Cc3cccc4ccccc34)CC2)no1. The van der Waals surface area contributed by atoms with Gasteiger partial charge in [0.1, 0.15) is 0 Å². The second-order valence-electron chi connectivity index (χ2n) is 8.69. The minimum atomic E-state index is -0.192. The van der Waals surface area contributed by atoms with Crippen LogP contribution in [0.1, 0.15) is 53.4 Å². The molecule has 5 rings (SSSR count). The summed E-state index contributed by atoms with van der Waals surface area (Å²) in [7, 11) is 0. The van der Waals surface area contributed by atoms with Crippen molar-refractivity contribution >= 4 is 16.7 Å². The summed E-state index contributed by atoms with van der Waals surface area (Å²) < 4.78 is 10.8. The summed E-state index contributed by atoms with van der Waals surface area (Å²) in [6.45, 7) is 4.34. The van der Waals surface area contributed by atoms with Crippen molar-refractivity contribution in [1.82, 2.24) is 15.4 Å². The zero-order valence-electron chi connectivity index (χ0n) is 17.8. The van der Waals surface area contributed by atoms with Crippen molar-refractivity contribution in [2.75, 3.05) is 26.3 Å². The van der Waals surface area contributed by atoms with Crippen molar-refractivity contribution in [2.45, 2.75) is 44.2 Å². The molecule has 3 aromatic rings. The lowest BCUT2D eigenvalue weighted by atomic mass is 9.93. The molecule has 3 heterocycles. The molecule has 1 N–H and O–H groups in total. The van der Waals surface area contributed by atoms with Crippen molar-refractivity contribution in [3.63, 3.8) is 0 Å². The second-order valence-corrected chi connectivity index (χ2v) is 8.69. The molecule has 6 heteroatoms. The van der Waals surface area contributed by atoms with E-state index in [4.69, 9.17) is 9.26 Å². The Morgan fingerprint density at radius 2 is 1.94 bits per heavy atom. The fourth-order valence-electron chi connectivity index (χ4n) is 4.76. The molecule has 0 bridgehead atoms. The number of hydrogen-bond acceptors (Lipinski definition) is 5. The van der Waals surface area contributed by atoms with Gasteiger partial charge in [0.2, 0.25) is 5.76 Å². The van der Waals surface area contributed by atoms with E-state index in [1.54, 1.807) is 0 Å². The molecule has 2 aliphatic heterocycles. The van der Waals surface area contributed by atoms with Crippen LogP contribution in [0.3, 0.4) is 0 Å². The standard InChI is InChI=1S/C25H29N3O3/c29-25(26-21-8-4-14-30-17-21)24-15-23(27-31-24)19-10-12-28(13-11-19)16-20-7-3-6-18-5-1-2-9-22(18)20/h1-3,5-7,9,15,19,21H,4,8,10-14,16-17H2,(H,26,29)/t21-/m0/s1. The summed E-state index contributed by atoms with van der Waals surface area (Å²) in [5.41, 5.74) is 2.28. The molecule has 1 aromatic heterocycles. The predicted molar refractivity (Wildman–Crippen MR) is 119 cm³/mol. The Hall–Kier alpha value is -2.70. The lowest BCUT2D eigenvalue weighted by molar-refractivity contribution is 0.0608. The molecule has 2 saturated heterocycles. The Balaban J connectivity index is 1.17. The minimum absolute atomic E-state index is 0.0621. The van der Waals surface area contributed by atoms with Crippen LogP contribution in [0.5, 0.6) is 0 Å². The van der Waals surface area contributed by atoms with Crippen LogP contribution < -0.4 is 5.32 Å². The van der Waals surface area contributed by atoms with Crippen LogP contribution >= 0.6 is 0 Å².